The van der Waals surface area contributed by atoms with Crippen molar-refractivity contribution in [1.82, 2.24) is 4.90 Å². The van der Waals surface area contributed by atoms with Crippen LogP contribution in [0.5, 0.6) is 0 Å². The second kappa shape index (κ2) is 7.42. The van der Waals surface area contributed by atoms with Gasteiger partial charge in [-0.25, -0.2) is 0 Å². The third-order valence-electron chi connectivity index (χ3n) is 4.72. The summed E-state index contributed by atoms with van der Waals surface area (Å²) in [4.78, 5) is 40.3. The van der Waals surface area contributed by atoms with Crippen molar-refractivity contribution in [3.8, 4) is 6.07 Å². The second-order valence-corrected chi connectivity index (χ2v) is 6.46. The topological polar surface area (TPSA) is 81.5 Å². The molecule has 0 N–H and O–H groups in total. The first-order valence-electron chi connectivity index (χ1n) is 8.64. The number of benzene rings is 2. The smallest absolute Gasteiger partial charge is 0.262 e. The molecule has 0 bridgehead atoms. The highest BCUT2D eigenvalue weighted by molar-refractivity contribution is 6.22. The number of imide groups is 1. The number of aryl methyl sites for hydroxylation is 2. The number of rotatable bonds is 5. The lowest BCUT2D eigenvalue weighted by Crippen LogP contribution is -2.43. The van der Waals surface area contributed by atoms with Crippen molar-refractivity contribution in [2.75, 3.05) is 18.0 Å². The molecule has 1 aliphatic rings. The van der Waals surface area contributed by atoms with Gasteiger partial charge in [-0.2, -0.15) is 5.26 Å². The SMILES string of the molecule is Cc1ccc(N(CCC#N)C(=O)CN2C(=O)c3ccccc3C2=O)cc1C. The van der Waals surface area contributed by atoms with Gasteiger partial charge in [-0.1, -0.05) is 18.2 Å². The normalized spacial score (nSPS) is 12.7. The first-order chi connectivity index (χ1) is 12.9. The number of fused-ring (bicyclic) bond motifs is 1. The Balaban J connectivity index is 1.85. The fraction of sp³-hybridized carbons (Fsp3) is 0.238. The monoisotopic (exact) mass is 361 g/mol. The van der Waals surface area contributed by atoms with Gasteiger partial charge in [0.25, 0.3) is 11.8 Å². The number of hydrogen-bond acceptors (Lipinski definition) is 4. The van der Waals surface area contributed by atoms with Gasteiger partial charge >= 0.3 is 0 Å². The minimum atomic E-state index is -0.468. The fourth-order valence-corrected chi connectivity index (χ4v) is 3.06. The average molecular weight is 361 g/mol. The summed E-state index contributed by atoms with van der Waals surface area (Å²) in [7, 11) is 0. The van der Waals surface area contributed by atoms with Crippen LogP contribution in [0, 0.1) is 25.2 Å². The molecule has 6 nitrogen and oxygen atoms in total. The van der Waals surface area contributed by atoms with Crippen LogP contribution >= 0.6 is 0 Å². The van der Waals surface area contributed by atoms with E-state index >= 15 is 0 Å². The van der Waals surface area contributed by atoms with Crippen LogP contribution < -0.4 is 4.90 Å². The van der Waals surface area contributed by atoms with Crippen LogP contribution in [0.1, 0.15) is 38.3 Å². The summed E-state index contributed by atoms with van der Waals surface area (Å²) in [6, 6.07) is 14.1. The summed E-state index contributed by atoms with van der Waals surface area (Å²) in [5, 5.41) is 8.92. The van der Waals surface area contributed by atoms with Gasteiger partial charge < -0.3 is 4.90 Å². The van der Waals surface area contributed by atoms with Crippen molar-refractivity contribution < 1.29 is 14.4 Å². The van der Waals surface area contributed by atoms with E-state index < -0.39 is 17.7 Å². The van der Waals surface area contributed by atoms with Crippen LogP contribution in [0.2, 0.25) is 0 Å². The summed E-state index contributed by atoms with van der Waals surface area (Å²) < 4.78 is 0. The number of carbonyl (C=O) groups excluding carboxylic acids is 3. The van der Waals surface area contributed by atoms with Crippen molar-refractivity contribution in [1.29, 1.82) is 5.26 Å². The van der Waals surface area contributed by atoms with Gasteiger partial charge in [-0.3, -0.25) is 19.3 Å². The van der Waals surface area contributed by atoms with Crippen LogP contribution in [0.3, 0.4) is 0 Å². The van der Waals surface area contributed by atoms with Crippen molar-refractivity contribution in [2.45, 2.75) is 20.3 Å². The van der Waals surface area contributed by atoms with Crippen LogP contribution in [0.15, 0.2) is 42.5 Å². The van der Waals surface area contributed by atoms with Crippen molar-refractivity contribution >= 4 is 23.4 Å². The minimum absolute atomic E-state index is 0.154. The van der Waals surface area contributed by atoms with Crippen LogP contribution in [0.25, 0.3) is 0 Å². The fourth-order valence-electron chi connectivity index (χ4n) is 3.06. The molecule has 0 unspecified atom stereocenters. The Bertz CT molecular complexity index is 940. The van der Waals surface area contributed by atoms with E-state index in [1.54, 1.807) is 30.3 Å². The van der Waals surface area contributed by atoms with E-state index in [2.05, 4.69) is 0 Å². The van der Waals surface area contributed by atoms with Crippen molar-refractivity contribution in [3.63, 3.8) is 0 Å². The molecule has 0 saturated heterocycles. The van der Waals surface area contributed by atoms with Crippen molar-refractivity contribution in [2.24, 2.45) is 0 Å². The number of hydrogen-bond donors (Lipinski definition) is 0. The Labute approximate surface area is 157 Å². The minimum Gasteiger partial charge on any atom is -0.310 e. The third-order valence-corrected chi connectivity index (χ3v) is 4.72. The first-order valence-corrected chi connectivity index (χ1v) is 8.64. The maximum atomic E-state index is 12.9. The van der Waals surface area contributed by atoms with E-state index in [1.807, 2.05) is 32.0 Å². The quantitative estimate of drug-likeness (QED) is 0.767. The van der Waals surface area contributed by atoms with Gasteiger partial charge in [-0.05, 0) is 49.2 Å². The number of nitriles is 1. The Hall–Kier alpha value is -3.46. The Morgan fingerprint density at radius 2 is 1.67 bits per heavy atom. The molecule has 1 aliphatic heterocycles. The molecule has 0 atom stereocenters. The van der Waals surface area contributed by atoms with Gasteiger partial charge in [0.2, 0.25) is 5.91 Å². The van der Waals surface area contributed by atoms with E-state index in [1.165, 1.54) is 4.90 Å². The zero-order valence-corrected chi connectivity index (χ0v) is 15.2. The molecular formula is C21H19N3O3. The molecule has 1 heterocycles. The largest absolute Gasteiger partial charge is 0.310 e. The third kappa shape index (κ3) is 3.44. The molecular weight excluding hydrogens is 342 g/mol. The molecule has 6 heteroatoms. The molecule has 2 aromatic rings. The molecule has 0 saturated carbocycles. The van der Waals surface area contributed by atoms with E-state index in [4.69, 9.17) is 5.26 Å². The number of anilines is 1. The lowest BCUT2D eigenvalue weighted by atomic mass is 10.1. The maximum absolute atomic E-state index is 12.9. The average Bonchev–Trinajstić information content (AvgIpc) is 2.90. The van der Waals surface area contributed by atoms with Crippen LogP contribution in [-0.2, 0) is 4.79 Å². The molecule has 0 aliphatic carbocycles. The highest BCUT2D eigenvalue weighted by Crippen LogP contribution is 2.24. The number of nitrogens with zero attached hydrogens (tertiary/aromatic N) is 3. The highest BCUT2D eigenvalue weighted by atomic mass is 16.2. The summed E-state index contributed by atoms with van der Waals surface area (Å²) in [5.74, 6) is -1.34. The number of carbonyl (C=O) groups is 3. The van der Waals surface area contributed by atoms with Gasteiger partial charge in [0.05, 0.1) is 23.6 Å². The van der Waals surface area contributed by atoms with Crippen molar-refractivity contribution in [3.05, 3.63) is 64.7 Å². The number of amides is 3. The van der Waals surface area contributed by atoms with E-state index in [-0.39, 0.29) is 19.5 Å². The summed E-state index contributed by atoms with van der Waals surface area (Å²) in [6.07, 6.45) is 0.154. The summed E-state index contributed by atoms with van der Waals surface area (Å²) >= 11 is 0. The lowest BCUT2D eigenvalue weighted by molar-refractivity contribution is -0.118. The highest BCUT2D eigenvalue weighted by Gasteiger charge is 2.37. The van der Waals surface area contributed by atoms with Crippen LogP contribution in [-0.4, -0.2) is 35.7 Å². The predicted octanol–water partition coefficient (Wildman–Crippen LogP) is 2.85. The van der Waals surface area contributed by atoms with Gasteiger partial charge in [0.15, 0.2) is 0 Å². The zero-order chi connectivity index (χ0) is 19.6. The molecule has 136 valence electrons. The Morgan fingerprint density at radius 1 is 1.04 bits per heavy atom. The molecule has 3 rings (SSSR count). The van der Waals surface area contributed by atoms with Gasteiger partial charge in [-0.15, -0.1) is 0 Å². The lowest BCUT2D eigenvalue weighted by Gasteiger charge is -2.25. The van der Waals surface area contributed by atoms with Gasteiger partial charge in [0, 0.05) is 12.2 Å². The Morgan fingerprint density at radius 3 is 2.22 bits per heavy atom. The molecule has 2 aromatic carbocycles. The molecule has 0 radical (unpaired) electrons. The molecule has 27 heavy (non-hydrogen) atoms. The van der Waals surface area contributed by atoms with Gasteiger partial charge in [0.1, 0.15) is 6.54 Å². The molecule has 0 fully saturated rings. The van der Waals surface area contributed by atoms with Crippen LogP contribution in [0.4, 0.5) is 5.69 Å². The standard InChI is InChI=1S/C21H19N3O3/c1-14-8-9-16(12-15(14)2)23(11-5-10-22)19(25)13-24-20(26)17-6-3-4-7-18(17)21(24)27/h3-4,6-9,12H,5,11,13H2,1-2H3. The molecule has 3 amide bonds. The second-order valence-electron chi connectivity index (χ2n) is 6.46. The molecule has 0 aromatic heterocycles. The summed E-state index contributed by atoms with van der Waals surface area (Å²) in [6.45, 7) is 3.75. The van der Waals surface area contributed by atoms with E-state index in [9.17, 15) is 14.4 Å². The van der Waals surface area contributed by atoms with E-state index in [0.717, 1.165) is 16.0 Å². The maximum Gasteiger partial charge on any atom is 0.262 e. The predicted molar refractivity (Wildman–Crippen MR) is 100 cm³/mol. The summed E-state index contributed by atoms with van der Waals surface area (Å²) in [5.41, 5.74) is 3.37. The zero-order valence-electron chi connectivity index (χ0n) is 15.2. The first kappa shape index (κ1) is 18.3. The Kier molecular flexibility index (Phi) is 5.04. The van der Waals surface area contributed by atoms with E-state index in [0.29, 0.717) is 16.8 Å². The molecule has 0 spiro atoms.